The van der Waals surface area contributed by atoms with Crippen molar-refractivity contribution in [2.24, 2.45) is 11.8 Å². The number of hydrogen-bond donors (Lipinski definition) is 1. The van der Waals surface area contributed by atoms with Crippen LogP contribution < -0.4 is 9.04 Å². The van der Waals surface area contributed by atoms with E-state index in [1.54, 1.807) is 22.5 Å². The molecule has 3 aliphatic rings. The Hall–Kier alpha value is -1.70. The van der Waals surface area contributed by atoms with Gasteiger partial charge in [-0.25, -0.2) is 8.42 Å². The van der Waals surface area contributed by atoms with Gasteiger partial charge in [-0.3, -0.25) is 4.31 Å². The van der Waals surface area contributed by atoms with Crippen LogP contribution in [0.5, 0.6) is 5.75 Å². The van der Waals surface area contributed by atoms with Gasteiger partial charge in [-0.15, -0.1) is 0 Å². The van der Waals surface area contributed by atoms with Gasteiger partial charge in [0.15, 0.2) is 0 Å². The van der Waals surface area contributed by atoms with Gasteiger partial charge in [0.2, 0.25) is 0 Å². The van der Waals surface area contributed by atoms with E-state index in [-0.39, 0.29) is 17.5 Å². The van der Waals surface area contributed by atoms with E-state index in [9.17, 15) is 13.5 Å². The maximum absolute atomic E-state index is 14.0. The van der Waals surface area contributed by atoms with Crippen LogP contribution in [-0.4, -0.2) is 37.7 Å². The van der Waals surface area contributed by atoms with E-state index in [1.165, 1.54) is 5.56 Å². The number of aryl methyl sites for hydroxylation is 2. The number of nitrogens with zero attached hydrogens (tertiary/aromatic N) is 1. The zero-order valence-corrected chi connectivity index (χ0v) is 20.8. The zero-order chi connectivity index (χ0) is 23.0. The third kappa shape index (κ3) is 4.64. The van der Waals surface area contributed by atoms with Gasteiger partial charge in [-0.1, -0.05) is 19.1 Å². The number of sulfonamides is 1. The smallest absolute Gasteiger partial charge is 0.264 e. The van der Waals surface area contributed by atoms with Crippen LogP contribution in [0.2, 0.25) is 0 Å². The number of ether oxygens (including phenoxy) is 1. The van der Waals surface area contributed by atoms with Gasteiger partial charge in [-0.05, 0) is 91.3 Å². The maximum atomic E-state index is 14.0. The maximum Gasteiger partial charge on any atom is 0.264 e. The highest BCUT2D eigenvalue weighted by molar-refractivity contribution is 7.99. The molecule has 5 rings (SSSR count). The van der Waals surface area contributed by atoms with Crippen molar-refractivity contribution < 1.29 is 18.3 Å². The molecule has 2 aromatic rings. The van der Waals surface area contributed by atoms with Crippen LogP contribution in [0.25, 0.3) is 0 Å². The topological polar surface area (TPSA) is 66.8 Å². The summed E-state index contributed by atoms with van der Waals surface area (Å²) in [5.74, 6) is 3.79. The summed E-state index contributed by atoms with van der Waals surface area (Å²) in [6.45, 7) is 2.48. The van der Waals surface area contributed by atoms with Crippen LogP contribution in [0.15, 0.2) is 41.3 Å². The molecular formula is C26H33NO4S2. The van der Waals surface area contributed by atoms with E-state index in [2.05, 4.69) is 13.0 Å². The molecule has 1 saturated carbocycles. The average molecular weight is 488 g/mol. The molecule has 5 nitrogen and oxygen atoms in total. The minimum absolute atomic E-state index is 0.00310. The highest BCUT2D eigenvalue weighted by atomic mass is 32.2. The molecule has 2 fully saturated rings. The molecule has 1 saturated heterocycles. The molecule has 33 heavy (non-hydrogen) atoms. The quantitative estimate of drug-likeness (QED) is 0.580. The Morgan fingerprint density at radius 2 is 1.97 bits per heavy atom. The van der Waals surface area contributed by atoms with Crippen LogP contribution in [-0.2, 0) is 29.5 Å². The lowest BCUT2D eigenvalue weighted by molar-refractivity contribution is 0.241. The van der Waals surface area contributed by atoms with Crippen LogP contribution in [0.3, 0.4) is 0 Å². The lowest BCUT2D eigenvalue weighted by Crippen LogP contribution is -2.45. The minimum atomic E-state index is -3.77. The van der Waals surface area contributed by atoms with Crippen molar-refractivity contribution in [1.29, 1.82) is 0 Å². The van der Waals surface area contributed by atoms with Gasteiger partial charge in [0.25, 0.3) is 10.0 Å². The first-order valence-corrected chi connectivity index (χ1v) is 14.7. The van der Waals surface area contributed by atoms with E-state index < -0.39 is 10.0 Å². The zero-order valence-electron chi connectivity index (χ0n) is 19.2. The second-order valence-corrected chi connectivity index (χ2v) is 12.5. The minimum Gasteiger partial charge on any atom is -0.493 e. The molecule has 1 N–H and O–H groups in total. The molecule has 2 aromatic carbocycles. The summed E-state index contributed by atoms with van der Waals surface area (Å²) in [6, 6.07) is 11.2. The lowest BCUT2D eigenvalue weighted by Gasteiger charge is -2.38. The Morgan fingerprint density at radius 3 is 2.67 bits per heavy atom. The monoisotopic (exact) mass is 487 g/mol. The molecule has 2 heterocycles. The van der Waals surface area contributed by atoms with Crippen molar-refractivity contribution in [3.63, 3.8) is 0 Å². The average Bonchev–Trinajstić information content (AvgIpc) is 3.56. The summed E-state index contributed by atoms with van der Waals surface area (Å²) >= 11 is 1.94. The van der Waals surface area contributed by atoms with Crippen molar-refractivity contribution >= 4 is 27.5 Å². The van der Waals surface area contributed by atoms with E-state index in [1.807, 2.05) is 23.9 Å². The summed E-state index contributed by atoms with van der Waals surface area (Å²) in [5.41, 5.74) is 3.70. The Bertz CT molecular complexity index is 1110. The van der Waals surface area contributed by atoms with E-state index in [4.69, 9.17) is 4.74 Å². The van der Waals surface area contributed by atoms with E-state index in [0.717, 1.165) is 61.3 Å². The lowest BCUT2D eigenvalue weighted by atomic mass is 9.93. The van der Waals surface area contributed by atoms with Crippen LogP contribution in [0.1, 0.15) is 49.3 Å². The van der Waals surface area contributed by atoms with Gasteiger partial charge in [-0.2, -0.15) is 11.8 Å². The summed E-state index contributed by atoms with van der Waals surface area (Å²) in [5, 5.41) is 9.98. The van der Waals surface area contributed by atoms with Crippen molar-refractivity contribution in [2.45, 2.75) is 63.0 Å². The molecule has 0 spiro atoms. The molecule has 178 valence electrons. The van der Waals surface area contributed by atoms with Crippen molar-refractivity contribution in [3.05, 3.63) is 53.1 Å². The molecule has 7 heteroatoms. The third-order valence-electron chi connectivity index (χ3n) is 7.22. The fourth-order valence-corrected chi connectivity index (χ4v) is 8.20. The molecule has 0 amide bonds. The number of fused-ring (bicyclic) bond motifs is 1. The molecule has 2 atom stereocenters. The van der Waals surface area contributed by atoms with Crippen molar-refractivity contribution in [2.75, 3.05) is 22.4 Å². The number of anilines is 1. The normalized spacial score (nSPS) is 22.9. The first-order chi connectivity index (χ1) is 16.0. The number of aliphatic hydroxyl groups is 1. The second-order valence-electron chi connectivity index (χ2n) is 9.53. The number of hydrogen-bond acceptors (Lipinski definition) is 5. The Kier molecular flexibility index (Phi) is 6.65. The highest BCUT2D eigenvalue weighted by Crippen LogP contribution is 2.45. The van der Waals surface area contributed by atoms with Gasteiger partial charge in [0, 0.05) is 17.5 Å². The van der Waals surface area contributed by atoms with Crippen molar-refractivity contribution in [1.82, 2.24) is 0 Å². The predicted octanol–water partition coefficient (Wildman–Crippen LogP) is 4.79. The Labute approximate surface area is 201 Å². The predicted molar refractivity (Wildman–Crippen MR) is 134 cm³/mol. The fraction of sp³-hybridized carbons (Fsp3) is 0.538. The molecule has 1 aliphatic carbocycles. The number of thioether (sulfide) groups is 1. The summed E-state index contributed by atoms with van der Waals surface area (Å²) in [4.78, 5) is 0.230. The van der Waals surface area contributed by atoms with Gasteiger partial charge < -0.3 is 9.84 Å². The van der Waals surface area contributed by atoms with E-state index >= 15 is 0 Å². The largest absolute Gasteiger partial charge is 0.493 e. The third-order valence-corrected chi connectivity index (χ3v) is 10.3. The highest BCUT2D eigenvalue weighted by Gasteiger charge is 2.43. The first kappa shape index (κ1) is 23.1. The number of rotatable bonds is 8. The molecule has 1 unspecified atom stereocenters. The molecule has 2 aliphatic heterocycles. The van der Waals surface area contributed by atoms with Crippen molar-refractivity contribution in [3.8, 4) is 5.75 Å². The van der Waals surface area contributed by atoms with Gasteiger partial charge in [0.05, 0.1) is 23.8 Å². The Morgan fingerprint density at radius 1 is 1.12 bits per heavy atom. The SMILES string of the molecule is CCc1ccc2c(c1)CC[C@@H](C1CC1)N2S(=O)(=O)c1ccc(OCC2CCSC2)c(CO)c1. The summed E-state index contributed by atoms with van der Waals surface area (Å²) < 4.78 is 35.7. The number of benzene rings is 2. The summed E-state index contributed by atoms with van der Waals surface area (Å²) in [7, 11) is -3.77. The van der Waals surface area contributed by atoms with Crippen LogP contribution in [0.4, 0.5) is 5.69 Å². The van der Waals surface area contributed by atoms with Crippen LogP contribution >= 0.6 is 11.8 Å². The number of aliphatic hydroxyl groups excluding tert-OH is 1. The van der Waals surface area contributed by atoms with Gasteiger partial charge >= 0.3 is 0 Å². The standard InChI is InChI=1S/C26H33NO4S2/c1-2-18-3-8-25-21(13-18)6-9-24(20-4-5-20)27(25)33(29,30)23-7-10-26(22(14-23)15-28)31-16-19-11-12-32-17-19/h3,7-8,10,13-14,19-20,24,28H,2,4-6,9,11-12,15-17H2,1H3/t19?,24-/m0/s1. The second kappa shape index (κ2) is 9.51. The molecule has 0 radical (unpaired) electrons. The van der Waals surface area contributed by atoms with E-state index in [0.29, 0.717) is 29.8 Å². The Balaban J connectivity index is 1.47. The summed E-state index contributed by atoms with van der Waals surface area (Å²) in [6.07, 6.45) is 6.04. The molecule has 0 bridgehead atoms. The van der Waals surface area contributed by atoms with Crippen LogP contribution in [0, 0.1) is 11.8 Å². The fourth-order valence-electron chi connectivity index (χ4n) is 5.11. The molecular weight excluding hydrogens is 454 g/mol. The first-order valence-electron chi connectivity index (χ1n) is 12.1. The molecule has 0 aromatic heterocycles. The van der Waals surface area contributed by atoms with Gasteiger partial charge in [0.1, 0.15) is 5.75 Å².